The molecule has 0 saturated heterocycles. The van der Waals surface area contributed by atoms with Crippen LogP contribution >= 0.6 is 11.6 Å². The molecule has 0 heterocycles. The van der Waals surface area contributed by atoms with Crippen molar-refractivity contribution in [2.45, 2.75) is 49.0 Å². The summed E-state index contributed by atoms with van der Waals surface area (Å²) in [7, 11) is -4.21. The van der Waals surface area contributed by atoms with E-state index in [4.69, 9.17) is 21.6 Å². The minimum absolute atomic E-state index is 0.0267. The molecule has 4 rings (SSSR count). The van der Waals surface area contributed by atoms with Gasteiger partial charge in [0.05, 0.1) is 32.8 Å². The SMILES string of the molecule is N#Cc1cc(NS(=O)(=O)c2cc(C(=O)O)ccc2C2CC2)c(O[C@H]2CC[C@@H](C#N)C2)cc1Cl. The first-order chi connectivity index (χ1) is 15.7. The second-order valence-electron chi connectivity index (χ2n) is 8.26. The Kier molecular flexibility index (Phi) is 6.20. The quantitative estimate of drug-likeness (QED) is 0.581. The van der Waals surface area contributed by atoms with Gasteiger partial charge in [-0.1, -0.05) is 17.7 Å². The van der Waals surface area contributed by atoms with Gasteiger partial charge in [-0.15, -0.1) is 0 Å². The van der Waals surface area contributed by atoms with Crippen molar-refractivity contribution in [2.75, 3.05) is 4.72 Å². The van der Waals surface area contributed by atoms with E-state index >= 15 is 0 Å². The third-order valence-electron chi connectivity index (χ3n) is 5.86. The number of carbonyl (C=O) groups is 1. The van der Waals surface area contributed by atoms with Gasteiger partial charge in [0.15, 0.2) is 0 Å². The highest BCUT2D eigenvalue weighted by molar-refractivity contribution is 7.92. The standard InChI is InChI=1S/C23H20ClN3O5S/c24-19-10-21(32-17-5-1-13(7-17)11-25)20(8-16(19)12-26)27-33(30,31)22-9-15(23(28)29)4-6-18(22)14-2-3-14/h4,6,8-10,13-14,17,27H,1-3,5,7H2,(H,28,29)/t13-,17+/m1/s1. The summed E-state index contributed by atoms with van der Waals surface area (Å²) in [6, 6.07) is 10.9. The summed E-state index contributed by atoms with van der Waals surface area (Å²) in [5, 5.41) is 28.0. The fourth-order valence-corrected chi connectivity index (χ4v) is 5.58. The van der Waals surface area contributed by atoms with Gasteiger partial charge >= 0.3 is 5.97 Å². The monoisotopic (exact) mass is 485 g/mol. The number of nitrogens with one attached hydrogen (secondary N) is 1. The molecule has 2 aliphatic rings. The van der Waals surface area contributed by atoms with Crippen LogP contribution in [0.2, 0.25) is 5.02 Å². The van der Waals surface area contributed by atoms with Crippen LogP contribution in [0.4, 0.5) is 5.69 Å². The maximum absolute atomic E-state index is 13.4. The van der Waals surface area contributed by atoms with Gasteiger partial charge in [0.2, 0.25) is 0 Å². The van der Waals surface area contributed by atoms with Crippen LogP contribution < -0.4 is 9.46 Å². The number of benzene rings is 2. The van der Waals surface area contributed by atoms with Gasteiger partial charge in [-0.2, -0.15) is 10.5 Å². The lowest BCUT2D eigenvalue weighted by atomic mass is 10.1. The molecule has 0 spiro atoms. The number of sulfonamides is 1. The fourth-order valence-electron chi connectivity index (χ4n) is 3.99. The van der Waals surface area contributed by atoms with Crippen molar-refractivity contribution in [1.82, 2.24) is 0 Å². The average Bonchev–Trinajstić information content (AvgIpc) is 3.53. The number of hydrogen-bond donors (Lipinski definition) is 2. The average molecular weight is 486 g/mol. The third-order valence-corrected chi connectivity index (χ3v) is 7.60. The maximum atomic E-state index is 13.4. The third kappa shape index (κ3) is 4.90. The molecule has 0 unspecified atom stereocenters. The van der Waals surface area contributed by atoms with E-state index in [1.54, 1.807) is 0 Å². The molecule has 170 valence electrons. The van der Waals surface area contributed by atoms with Crippen molar-refractivity contribution in [1.29, 1.82) is 10.5 Å². The number of carboxylic acids is 1. The minimum atomic E-state index is -4.21. The van der Waals surface area contributed by atoms with Gasteiger partial charge in [-0.3, -0.25) is 4.72 Å². The fraction of sp³-hybridized carbons (Fsp3) is 0.348. The molecule has 2 fully saturated rings. The van der Waals surface area contributed by atoms with E-state index in [9.17, 15) is 23.6 Å². The lowest BCUT2D eigenvalue weighted by molar-refractivity contribution is 0.0696. The van der Waals surface area contributed by atoms with Crippen LogP contribution in [0.1, 0.15) is 59.5 Å². The number of aromatic carboxylic acids is 1. The Labute approximate surface area is 196 Å². The van der Waals surface area contributed by atoms with Gasteiger partial charge in [0, 0.05) is 18.4 Å². The van der Waals surface area contributed by atoms with E-state index in [0.717, 1.165) is 18.9 Å². The lowest BCUT2D eigenvalue weighted by Gasteiger charge is -2.19. The van der Waals surface area contributed by atoms with Crippen molar-refractivity contribution < 1.29 is 23.1 Å². The number of nitrogens with zero attached hydrogens (tertiary/aromatic N) is 2. The summed E-state index contributed by atoms with van der Waals surface area (Å²) in [4.78, 5) is 11.3. The van der Waals surface area contributed by atoms with Crippen LogP contribution in [0.25, 0.3) is 0 Å². The van der Waals surface area contributed by atoms with Crippen LogP contribution in [0.3, 0.4) is 0 Å². The van der Waals surface area contributed by atoms with Crippen molar-refractivity contribution in [2.24, 2.45) is 5.92 Å². The number of hydrogen-bond acceptors (Lipinski definition) is 6. The van der Waals surface area contributed by atoms with E-state index in [0.29, 0.717) is 24.8 Å². The predicted octanol–water partition coefficient (Wildman–Crippen LogP) is 4.66. The predicted molar refractivity (Wildman–Crippen MR) is 120 cm³/mol. The van der Waals surface area contributed by atoms with Gasteiger partial charge < -0.3 is 9.84 Å². The van der Waals surface area contributed by atoms with Gasteiger partial charge in [0.1, 0.15) is 17.9 Å². The summed E-state index contributed by atoms with van der Waals surface area (Å²) < 4.78 is 35.2. The molecule has 2 saturated carbocycles. The van der Waals surface area contributed by atoms with Crippen molar-refractivity contribution in [3.05, 3.63) is 52.0 Å². The lowest BCUT2D eigenvalue weighted by Crippen LogP contribution is -2.18. The number of carboxylic acid groups (broad SMARTS) is 1. The van der Waals surface area contributed by atoms with E-state index in [1.807, 2.05) is 6.07 Å². The molecule has 0 radical (unpaired) electrons. The van der Waals surface area contributed by atoms with Gasteiger partial charge in [-0.25, -0.2) is 13.2 Å². The number of anilines is 1. The second kappa shape index (κ2) is 8.93. The normalized spacial score (nSPS) is 20.0. The number of ether oxygens (including phenoxy) is 1. The molecule has 2 aromatic carbocycles. The molecule has 2 aromatic rings. The zero-order valence-electron chi connectivity index (χ0n) is 17.4. The molecule has 8 nitrogen and oxygen atoms in total. The molecular weight excluding hydrogens is 466 g/mol. The molecule has 0 amide bonds. The van der Waals surface area contributed by atoms with E-state index in [-0.39, 0.29) is 50.4 Å². The van der Waals surface area contributed by atoms with Gasteiger partial charge in [-0.05, 0) is 55.4 Å². The highest BCUT2D eigenvalue weighted by Gasteiger charge is 2.32. The first-order valence-corrected chi connectivity index (χ1v) is 12.3. The molecule has 0 aromatic heterocycles. The largest absolute Gasteiger partial charge is 0.488 e. The molecule has 33 heavy (non-hydrogen) atoms. The Hall–Kier alpha value is -3.27. The zero-order valence-corrected chi connectivity index (χ0v) is 19.0. The summed E-state index contributed by atoms with van der Waals surface area (Å²) >= 11 is 6.16. The molecule has 0 bridgehead atoms. The summed E-state index contributed by atoms with van der Waals surface area (Å²) in [5.74, 6) is -1.17. The van der Waals surface area contributed by atoms with Crippen molar-refractivity contribution >= 4 is 33.3 Å². The minimum Gasteiger partial charge on any atom is -0.488 e. The Morgan fingerprint density at radius 1 is 1.15 bits per heavy atom. The van der Waals surface area contributed by atoms with E-state index in [2.05, 4.69) is 10.8 Å². The van der Waals surface area contributed by atoms with Crippen LogP contribution in [0, 0.1) is 28.6 Å². The topological polar surface area (TPSA) is 140 Å². The smallest absolute Gasteiger partial charge is 0.335 e. The first-order valence-electron chi connectivity index (χ1n) is 10.4. The Morgan fingerprint density at radius 3 is 2.52 bits per heavy atom. The number of rotatable bonds is 7. The van der Waals surface area contributed by atoms with Crippen LogP contribution in [-0.4, -0.2) is 25.6 Å². The van der Waals surface area contributed by atoms with E-state index in [1.165, 1.54) is 24.3 Å². The summed E-state index contributed by atoms with van der Waals surface area (Å²) in [6.07, 6.45) is 3.18. The maximum Gasteiger partial charge on any atom is 0.335 e. The number of nitriles is 2. The van der Waals surface area contributed by atoms with Crippen molar-refractivity contribution in [3.63, 3.8) is 0 Å². The van der Waals surface area contributed by atoms with Crippen molar-refractivity contribution in [3.8, 4) is 17.9 Å². The Morgan fingerprint density at radius 2 is 1.91 bits per heavy atom. The van der Waals surface area contributed by atoms with E-state index < -0.39 is 16.0 Å². The first kappa shape index (κ1) is 22.9. The van der Waals surface area contributed by atoms with Crippen LogP contribution in [0.15, 0.2) is 35.2 Å². The van der Waals surface area contributed by atoms with Crippen LogP contribution in [0.5, 0.6) is 5.75 Å². The molecule has 2 N–H and O–H groups in total. The van der Waals surface area contributed by atoms with Gasteiger partial charge in [0.25, 0.3) is 10.0 Å². The highest BCUT2D eigenvalue weighted by atomic mass is 35.5. The Balaban J connectivity index is 1.72. The van der Waals surface area contributed by atoms with Crippen LogP contribution in [-0.2, 0) is 10.0 Å². The summed E-state index contributed by atoms with van der Waals surface area (Å²) in [6.45, 7) is 0. The Bertz CT molecular complexity index is 1310. The molecule has 2 atom stereocenters. The number of halogens is 1. The second-order valence-corrected chi connectivity index (χ2v) is 10.3. The molecular formula is C23H20ClN3O5S. The summed E-state index contributed by atoms with van der Waals surface area (Å²) in [5.41, 5.74) is 0.499. The molecule has 2 aliphatic carbocycles. The molecule has 10 heteroatoms. The highest BCUT2D eigenvalue weighted by Crippen LogP contribution is 2.44. The zero-order chi connectivity index (χ0) is 23.8. The molecule has 0 aliphatic heterocycles.